The summed E-state index contributed by atoms with van der Waals surface area (Å²) in [6.07, 6.45) is 0. The lowest BCUT2D eigenvalue weighted by Gasteiger charge is -2.05. The molecule has 0 aliphatic heterocycles. The van der Waals surface area contributed by atoms with Gasteiger partial charge >= 0.3 is 0 Å². The van der Waals surface area contributed by atoms with Crippen LogP contribution in [0.4, 0.5) is 0 Å². The molecule has 2 nitrogen and oxygen atoms in total. The first-order valence-electron chi connectivity index (χ1n) is 5.63. The van der Waals surface area contributed by atoms with Crippen molar-refractivity contribution in [1.82, 2.24) is 4.98 Å². The van der Waals surface area contributed by atoms with Crippen LogP contribution in [0.3, 0.4) is 0 Å². The number of H-pyrrole nitrogens is 1. The first-order valence-corrected chi connectivity index (χ1v) is 6.42. The second-order valence-corrected chi connectivity index (χ2v) is 4.93. The van der Waals surface area contributed by atoms with E-state index in [1.165, 1.54) is 0 Å². The zero-order chi connectivity index (χ0) is 12.5. The molecule has 0 aliphatic rings. The Morgan fingerprint density at radius 2 is 1.72 bits per heavy atom. The van der Waals surface area contributed by atoms with Gasteiger partial charge in [-0.1, -0.05) is 36.4 Å². The van der Waals surface area contributed by atoms with E-state index >= 15 is 0 Å². The van der Waals surface area contributed by atoms with Crippen molar-refractivity contribution in [2.45, 2.75) is 0 Å². The Morgan fingerprint density at radius 3 is 2.50 bits per heavy atom. The highest BCUT2D eigenvalue weighted by atomic mass is 79.9. The van der Waals surface area contributed by atoms with Crippen molar-refractivity contribution in [2.24, 2.45) is 0 Å². The molecule has 3 rings (SSSR count). The predicted octanol–water partition coefficient (Wildman–Crippen LogP) is 3.96. The van der Waals surface area contributed by atoms with Crippen LogP contribution in [0.2, 0.25) is 0 Å². The topological polar surface area (TPSA) is 32.9 Å². The Labute approximate surface area is 112 Å². The minimum atomic E-state index is 0.0232. The van der Waals surface area contributed by atoms with E-state index in [9.17, 15) is 4.79 Å². The molecule has 0 fully saturated rings. The summed E-state index contributed by atoms with van der Waals surface area (Å²) in [7, 11) is 0. The van der Waals surface area contributed by atoms with E-state index in [0.717, 1.165) is 21.2 Å². The van der Waals surface area contributed by atoms with Gasteiger partial charge in [-0.2, -0.15) is 0 Å². The first-order chi connectivity index (χ1) is 8.75. The van der Waals surface area contributed by atoms with E-state index in [1.807, 2.05) is 48.5 Å². The molecule has 0 amide bonds. The summed E-state index contributed by atoms with van der Waals surface area (Å²) in [6.45, 7) is 0. The molecule has 0 radical (unpaired) electrons. The Kier molecular flexibility index (Phi) is 2.76. The molecule has 18 heavy (non-hydrogen) atoms. The molecule has 0 spiro atoms. The molecule has 0 atom stereocenters. The Bertz CT molecular complexity index is 762. The summed E-state index contributed by atoms with van der Waals surface area (Å²) < 4.78 is 0.820. The van der Waals surface area contributed by atoms with Crippen LogP contribution in [-0.4, -0.2) is 4.98 Å². The number of aromatic nitrogens is 1. The zero-order valence-corrected chi connectivity index (χ0v) is 11.1. The van der Waals surface area contributed by atoms with Gasteiger partial charge in [0, 0.05) is 16.2 Å². The van der Waals surface area contributed by atoms with E-state index in [-0.39, 0.29) is 5.43 Å². The number of hydrogen-bond donors (Lipinski definition) is 1. The van der Waals surface area contributed by atoms with Crippen molar-refractivity contribution in [3.63, 3.8) is 0 Å². The number of fused-ring (bicyclic) bond motifs is 1. The van der Waals surface area contributed by atoms with Crippen molar-refractivity contribution in [3.05, 3.63) is 69.3 Å². The molecule has 0 unspecified atom stereocenters. The third kappa shape index (κ3) is 1.87. The quantitative estimate of drug-likeness (QED) is 0.725. The molecule has 3 heteroatoms. The molecule has 1 heterocycles. The van der Waals surface area contributed by atoms with Gasteiger partial charge in [0.1, 0.15) is 0 Å². The number of hydrogen-bond acceptors (Lipinski definition) is 1. The van der Waals surface area contributed by atoms with Crippen molar-refractivity contribution in [2.75, 3.05) is 0 Å². The number of benzene rings is 2. The summed E-state index contributed by atoms with van der Waals surface area (Å²) in [5.41, 5.74) is 2.72. The zero-order valence-electron chi connectivity index (χ0n) is 9.48. The normalized spacial score (nSPS) is 10.7. The Hall–Kier alpha value is -1.87. The molecule has 88 valence electrons. The third-order valence-electron chi connectivity index (χ3n) is 2.89. The van der Waals surface area contributed by atoms with E-state index < -0.39 is 0 Å². The second-order valence-electron chi connectivity index (χ2n) is 4.08. The standard InChI is InChI=1S/C15H10BrNO/c16-11-7-4-8-12-15(11)14(18)9-13(17-12)10-5-2-1-3-6-10/h1-9H,(H,17,18). The number of rotatable bonds is 1. The van der Waals surface area contributed by atoms with Gasteiger partial charge in [-0.25, -0.2) is 0 Å². The Balaban J connectivity index is 2.33. The second kappa shape index (κ2) is 4.42. The van der Waals surface area contributed by atoms with Gasteiger partial charge in [0.15, 0.2) is 5.43 Å². The average Bonchev–Trinajstić information content (AvgIpc) is 2.39. The summed E-state index contributed by atoms with van der Waals surface area (Å²) >= 11 is 3.41. The van der Waals surface area contributed by atoms with E-state index in [4.69, 9.17) is 0 Å². The van der Waals surface area contributed by atoms with Gasteiger partial charge in [-0.05, 0) is 33.6 Å². The monoisotopic (exact) mass is 299 g/mol. The largest absolute Gasteiger partial charge is 0.354 e. The molecular weight excluding hydrogens is 290 g/mol. The SMILES string of the molecule is O=c1cc(-c2ccccc2)[nH]c2cccc(Br)c12. The lowest BCUT2D eigenvalue weighted by Crippen LogP contribution is -2.03. The number of halogens is 1. The third-order valence-corrected chi connectivity index (χ3v) is 3.55. The van der Waals surface area contributed by atoms with Gasteiger partial charge in [-0.3, -0.25) is 4.79 Å². The fraction of sp³-hybridized carbons (Fsp3) is 0. The van der Waals surface area contributed by atoms with E-state index in [0.29, 0.717) is 5.39 Å². The van der Waals surface area contributed by atoms with Crippen molar-refractivity contribution >= 4 is 26.8 Å². The number of nitrogens with one attached hydrogen (secondary N) is 1. The minimum absolute atomic E-state index is 0.0232. The fourth-order valence-corrected chi connectivity index (χ4v) is 2.60. The van der Waals surface area contributed by atoms with Crippen LogP contribution in [0.15, 0.2) is 63.9 Å². The molecule has 0 bridgehead atoms. The predicted molar refractivity (Wildman–Crippen MR) is 77.7 cm³/mol. The van der Waals surface area contributed by atoms with Gasteiger partial charge in [-0.15, -0.1) is 0 Å². The van der Waals surface area contributed by atoms with Crippen LogP contribution in [0.1, 0.15) is 0 Å². The van der Waals surface area contributed by atoms with Crippen LogP contribution in [0.25, 0.3) is 22.2 Å². The van der Waals surface area contributed by atoms with Gasteiger partial charge in [0.05, 0.1) is 10.9 Å². The van der Waals surface area contributed by atoms with E-state index in [1.54, 1.807) is 6.07 Å². The highest BCUT2D eigenvalue weighted by Gasteiger charge is 2.06. The molecule has 1 aromatic heterocycles. The maximum Gasteiger partial charge on any atom is 0.191 e. The maximum atomic E-state index is 12.1. The summed E-state index contributed by atoms with van der Waals surface area (Å²) in [6, 6.07) is 17.2. The summed E-state index contributed by atoms with van der Waals surface area (Å²) in [5, 5.41) is 0.692. The first kappa shape index (κ1) is 11.2. The highest BCUT2D eigenvalue weighted by Crippen LogP contribution is 2.22. The Morgan fingerprint density at radius 1 is 0.944 bits per heavy atom. The number of pyridine rings is 1. The van der Waals surface area contributed by atoms with Gasteiger partial charge in [0.2, 0.25) is 0 Å². The average molecular weight is 300 g/mol. The van der Waals surface area contributed by atoms with Crippen LogP contribution in [0.5, 0.6) is 0 Å². The van der Waals surface area contributed by atoms with Crippen LogP contribution < -0.4 is 5.43 Å². The van der Waals surface area contributed by atoms with Crippen LogP contribution in [0, 0.1) is 0 Å². The van der Waals surface area contributed by atoms with Gasteiger partial charge in [0.25, 0.3) is 0 Å². The molecule has 0 aliphatic carbocycles. The van der Waals surface area contributed by atoms with Crippen molar-refractivity contribution < 1.29 is 0 Å². The van der Waals surface area contributed by atoms with Crippen molar-refractivity contribution in [3.8, 4) is 11.3 Å². The molecule has 3 aromatic rings. The van der Waals surface area contributed by atoms with Crippen LogP contribution >= 0.6 is 15.9 Å². The maximum absolute atomic E-state index is 12.1. The molecule has 0 saturated heterocycles. The fourth-order valence-electron chi connectivity index (χ4n) is 2.04. The molecule has 1 N–H and O–H groups in total. The smallest absolute Gasteiger partial charge is 0.191 e. The highest BCUT2D eigenvalue weighted by molar-refractivity contribution is 9.10. The minimum Gasteiger partial charge on any atom is -0.354 e. The van der Waals surface area contributed by atoms with Gasteiger partial charge < -0.3 is 4.98 Å². The van der Waals surface area contributed by atoms with Crippen LogP contribution in [-0.2, 0) is 0 Å². The van der Waals surface area contributed by atoms with E-state index in [2.05, 4.69) is 20.9 Å². The van der Waals surface area contributed by atoms with Crippen molar-refractivity contribution in [1.29, 1.82) is 0 Å². The lowest BCUT2D eigenvalue weighted by molar-refractivity contribution is 1.38. The molecule has 2 aromatic carbocycles. The molecular formula is C15H10BrNO. The number of aromatic amines is 1. The summed E-state index contributed by atoms with van der Waals surface area (Å²) in [4.78, 5) is 15.4. The summed E-state index contributed by atoms with van der Waals surface area (Å²) in [5.74, 6) is 0. The molecule has 0 saturated carbocycles. The lowest BCUT2D eigenvalue weighted by atomic mass is 10.1.